The van der Waals surface area contributed by atoms with Crippen LogP contribution in [0.5, 0.6) is 0 Å². The van der Waals surface area contributed by atoms with Crippen LogP contribution in [-0.4, -0.2) is 12.7 Å². The number of hydrogen-bond acceptors (Lipinski definition) is 1. The summed E-state index contributed by atoms with van der Waals surface area (Å²) in [7, 11) is 0. The molecule has 1 nitrogen and oxygen atoms in total. The lowest BCUT2D eigenvalue weighted by Crippen LogP contribution is -2.19. The van der Waals surface area contributed by atoms with E-state index in [9.17, 15) is 8.78 Å². The average molecular weight is 210 g/mol. The molecular weight excluding hydrogens is 186 g/mol. The molecule has 0 saturated heterocycles. The van der Waals surface area contributed by atoms with E-state index in [-0.39, 0.29) is 6.10 Å². The Bertz CT molecular complexity index is 91.3. The van der Waals surface area contributed by atoms with E-state index in [1.165, 1.54) is 6.42 Å². The van der Waals surface area contributed by atoms with Crippen LogP contribution in [0.1, 0.15) is 59.8 Å². The zero-order valence-electron chi connectivity index (χ0n) is 9.85. The van der Waals surface area contributed by atoms with Crippen molar-refractivity contribution in [2.75, 3.05) is 0 Å². The second-order valence-electron chi connectivity index (χ2n) is 2.66. The molecule has 1 saturated carbocycles. The van der Waals surface area contributed by atoms with Crippen molar-refractivity contribution in [1.82, 2.24) is 0 Å². The van der Waals surface area contributed by atoms with Gasteiger partial charge in [0.1, 0.15) is 0 Å². The lowest BCUT2D eigenvalue weighted by Gasteiger charge is -2.20. The standard InChI is InChI=1S/C7H12F2O.2C2H6/c8-7(9)10-6-4-2-1-3-5-6;2*1-2/h6-7H,1-5H2;2*1-2H3. The molecule has 0 amide bonds. The van der Waals surface area contributed by atoms with Crippen molar-refractivity contribution in [3.63, 3.8) is 0 Å². The first-order chi connectivity index (χ1) is 6.79. The van der Waals surface area contributed by atoms with Crippen LogP contribution in [0, 0.1) is 0 Å². The molecule has 3 heteroatoms. The molecule has 1 rings (SSSR count). The molecule has 0 unspecified atom stereocenters. The van der Waals surface area contributed by atoms with E-state index >= 15 is 0 Å². The normalized spacial score (nSPS) is 16.5. The van der Waals surface area contributed by atoms with Crippen molar-refractivity contribution in [2.24, 2.45) is 0 Å². The first-order valence-corrected chi connectivity index (χ1v) is 5.72. The van der Waals surface area contributed by atoms with E-state index in [1.807, 2.05) is 27.7 Å². The van der Waals surface area contributed by atoms with Gasteiger partial charge in [0.15, 0.2) is 0 Å². The first-order valence-electron chi connectivity index (χ1n) is 5.72. The predicted octanol–water partition coefficient (Wildman–Crippen LogP) is 4.61. The fraction of sp³-hybridized carbons (Fsp3) is 1.00. The minimum absolute atomic E-state index is 0.172. The van der Waals surface area contributed by atoms with Crippen LogP contribution in [0.25, 0.3) is 0 Å². The Kier molecular flexibility index (Phi) is 14.9. The second-order valence-corrected chi connectivity index (χ2v) is 2.66. The van der Waals surface area contributed by atoms with E-state index in [0.717, 1.165) is 25.7 Å². The van der Waals surface area contributed by atoms with Crippen molar-refractivity contribution in [3.8, 4) is 0 Å². The first kappa shape index (κ1) is 16.3. The average Bonchev–Trinajstić information content (AvgIpc) is 2.24. The molecule has 0 radical (unpaired) electrons. The fourth-order valence-electron chi connectivity index (χ4n) is 1.35. The Morgan fingerprint density at radius 2 is 1.36 bits per heavy atom. The van der Waals surface area contributed by atoms with Gasteiger partial charge in [-0.3, -0.25) is 0 Å². The summed E-state index contributed by atoms with van der Waals surface area (Å²) in [6.45, 7) is 5.42. The van der Waals surface area contributed by atoms with E-state index in [4.69, 9.17) is 0 Å². The third-order valence-corrected chi connectivity index (χ3v) is 1.85. The molecule has 0 aromatic carbocycles. The van der Waals surface area contributed by atoms with Gasteiger partial charge in [0.2, 0.25) is 0 Å². The van der Waals surface area contributed by atoms with Crippen LogP contribution < -0.4 is 0 Å². The highest BCUT2D eigenvalue weighted by atomic mass is 19.3. The monoisotopic (exact) mass is 210 g/mol. The maximum Gasteiger partial charge on any atom is 0.345 e. The van der Waals surface area contributed by atoms with Crippen molar-refractivity contribution >= 4 is 0 Å². The lowest BCUT2D eigenvalue weighted by molar-refractivity contribution is -0.169. The molecule has 1 aliphatic rings. The molecule has 0 atom stereocenters. The minimum Gasteiger partial charge on any atom is -0.320 e. The molecule has 1 fully saturated rings. The van der Waals surface area contributed by atoms with Crippen molar-refractivity contribution in [2.45, 2.75) is 72.5 Å². The van der Waals surface area contributed by atoms with Gasteiger partial charge < -0.3 is 4.74 Å². The molecule has 0 heterocycles. The number of ether oxygens (including phenoxy) is 1. The van der Waals surface area contributed by atoms with Gasteiger partial charge in [-0.2, -0.15) is 8.78 Å². The van der Waals surface area contributed by atoms with Gasteiger partial charge in [-0.15, -0.1) is 0 Å². The maximum absolute atomic E-state index is 11.6. The molecule has 0 spiro atoms. The van der Waals surface area contributed by atoms with Crippen LogP contribution in [0.3, 0.4) is 0 Å². The topological polar surface area (TPSA) is 9.23 Å². The summed E-state index contributed by atoms with van der Waals surface area (Å²) in [6.07, 6.45) is 4.70. The van der Waals surface area contributed by atoms with Gasteiger partial charge in [-0.05, 0) is 12.8 Å². The number of hydrogen-bond donors (Lipinski definition) is 0. The quantitative estimate of drug-likeness (QED) is 0.646. The van der Waals surface area contributed by atoms with E-state index in [2.05, 4.69) is 4.74 Å². The Balaban J connectivity index is 0. The zero-order valence-corrected chi connectivity index (χ0v) is 9.85. The summed E-state index contributed by atoms with van der Waals surface area (Å²) in [6, 6.07) is 0. The Hall–Kier alpha value is -0.180. The predicted molar refractivity (Wildman–Crippen MR) is 56.7 cm³/mol. The molecule has 0 aromatic heterocycles. The van der Waals surface area contributed by atoms with Crippen molar-refractivity contribution in [1.29, 1.82) is 0 Å². The van der Waals surface area contributed by atoms with E-state index < -0.39 is 6.61 Å². The van der Waals surface area contributed by atoms with Crippen LogP contribution >= 0.6 is 0 Å². The highest BCUT2D eigenvalue weighted by molar-refractivity contribution is 4.64. The number of halogens is 2. The van der Waals surface area contributed by atoms with Crippen molar-refractivity contribution < 1.29 is 13.5 Å². The molecule has 0 aliphatic heterocycles. The molecule has 88 valence electrons. The highest BCUT2D eigenvalue weighted by Gasteiger charge is 2.17. The zero-order chi connectivity index (χ0) is 11.4. The van der Waals surface area contributed by atoms with Crippen molar-refractivity contribution in [3.05, 3.63) is 0 Å². The van der Waals surface area contributed by atoms with Crippen LogP contribution in [0.2, 0.25) is 0 Å². The smallest absolute Gasteiger partial charge is 0.320 e. The molecule has 0 bridgehead atoms. The van der Waals surface area contributed by atoms with E-state index in [1.54, 1.807) is 0 Å². The molecule has 14 heavy (non-hydrogen) atoms. The van der Waals surface area contributed by atoms with Gasteiger partial charge in [0.25, 0.3) is 0 Å². The summed E-state index contributed by atoms with van der Waals surface area (Å²) >= 11 is 0. The van der Waals surface area contributed by atoms with Crippen LogP contribution in [0.15, 0.2) is 0 Å². The Labute approximate surface area is 86.8 Å². The minimum atomic E-state index is -2.58. The summed E-state index contributed by atoms with van der Waals surface area (Å²) in [5, 5.41) is 0. The summed E-state index contributed by atoms with van der Waals surface area (Å²) in [5.41, 5.74) is 0. The van der Waals surface area contributed by atoms with Crippen LogP contribution in [-0.2, 0) is 4.74 Å². The SMILES string of the molecule is CC.CC.FC(F)OC1CCCCC1. The third-order valence-electron chi connectivity index (χ3n) is 1.85. The molecule has 0 N–H and O–H groups in total. The van der Waals surface area contributed by atoms with Crippen LogP contribution in [0.4, 0.5) is 8.78 Å². The largest absolute Gasteiger partial charge is 0.345 e. The highest BCUT2D eigenvalue weighted by Crippen LogP contribution is 2.21. The van der Waals surface area contributed by atoms with Gasteiger partial charge in [-0.1, -0.05) is 47.0 Å². The second kappa shape index (κ2) is 12.8. The van der Waals surface area contributed by atoms with Gasteiger partial charge in [0.05, 0.1) is 6.10 Å². The molecule has 1 aliphatic carbocycles. The van der Waals surface area contributed by atoms with E-state index in [0.29, 0.717) is 0 Å². The van der Waals surface area contributed by atoms with Gasteiger partial charge >= 0.3 is 6.61 Å². The molecule has 0 aromatic rings. The summed E-state index contributed by atoms with van der Waals surface area (Å²) < 4.78 is 27.6. The summed E-state index contributed by atoms with van der Waals surface area (Å²) in [5.74, 6) is 0. The Morgan fingerprint density at radius 3 is 1.71 bits per heavy atom. The fourth-order valence-corrected chi connectivity index (χ4v) is 1.35. The van der Waals surface area contributed by atoms with Gasteiger partial charge in [-0.25, -0.2) is 0 Å². The third kappa shape index (κ3) is 9.90. The Morgan fingerprint density at radius 1 is 0.929 bits per heavy atom. The lowest BCUT2D eigenvalue weighted by atomic mass is 9.98. The number of rotatable bonds is 2. The summed E-state index contributed by atoms with van der Waals surface area (Å²) in [4.78, 5) is 0. The molecular formula is C11H24F2O. The van der Waals surface area contributed by atoms with Gasteiger partial charge in [0, 0.05) is 0 Å². The number of alkyl halides is 2. The maximum atomic E-state index is 11.6.